The van der Waals surface area contributed by atoms with Crippen LogP contribution in [0.1, 0.15) is 15.9 Å². The van der Waals surface area contributed by atoms with Gasteiger partial charge in [-0.05, 0) is 29.1 Å². The fourth-order valence-electron chi connectivity index (χ4n) is 3.40. The second-order valence-corrected chi connectivity index (χ2v) is 6.69. The third-order valence-corrected chi connectivity index (χ3v) is 4.93. The van der Waals surface area contributed by atoms with Gasteiger partial charge in [0.15, 0.2) is 0 Å². The number of carbonyl (C=O) groups excluding carboxylic acids is 1. The molecule has 4 nitrogen and oxygen atoms in total. The molecule has 1 fully saturated rings. The number of amides is 1. The fourth-order valence-corrected chi connectivity index (χ4v) is 3.40. The van der Waals surface area contributed by atoms with Crippen molar-refractivity contribution in [2.24, 2.45) is 0 Å². The predicted octanol–water partition coefficient (Wildman–Crippen LogP) is 3.64. The molecule has 26 heavy (non-hydrogen) atoms. The third-order valence-electron chi connectivity index (χ3n) is 4.93. The number of carbonyl (C=O) groups is 1. The van der Waals surface area contributed by atoms with E-state index < -0.39 is 0 Å². The normalized spacial score (nSPS) is 15.8. The summed E-state index contributed by atoms with van der Waals surface area (Å²) in [4.78, 5) is 20.3. The van der Waals surface area contributed by atoms with Crippen molar-refractivity contribution >= 4 is 22.9 Å². The van der Waals surface area contributed by atoms with E-state index in [1.807, 2.05) is 41.4 Å². The summed E-state index contributed by atoms with van der Waals surface area (Å²) in [5, 5.41) is 1.14. The quantitative estimate of drug-likeness (QED) is 0.784. The largest absolute Gasteiger partial charge is 0.361 e. The second-order valence-electron chi connectivity index (χ2n) is 6.69. The molecule has 0 atom stereocenters. The van der Waals surface area contributed by atoms with E-state index in [0.29, 0.717) is 0 Å². The number of fused-ring (bicyclic) bond motifs is 1. The second kappa shape index (κ2) is 7.58. The van der Waals surface area contributed by atoms with E-state index in [1.54, 1.807) is 0 Å². The van der Waals surface area contributed by atoms with Gasteiger partial charge in [0.1, 0.15) is 0 Å². The van der Waals surface area contributed by atoms with Crippen molar-refractivity contribution in [2.45, 2.75) is 0 Å². The third kappa shape index (κ3) is 3.70. The van der Waals surface area contributed by atoms with E-state index in [4.69, 9.17) is 0 Å². The Kier molecular flexibility index (Phi) is 4.84. The van der Waals surface area contributed by atoms with E-state index in [2.05, 4.69) is 46.3 Å². The van der Waals surface area contributed by atoms with Crippen LogP contribution in [0.5, 0.6) is 0 Å². The van der Waals surface area contributed by atoms with Crippen molar-refractivity contribution < 1.29 is 4.79 Å². The van der Waals surface area contributed by atoms with Gasteiger partial charge >= 0.3 is 0 Å². The molecule has 2 heterocycles. The monoisotopic (exact) mass is 345 g/mol. The lowest BCUT2D eigenvalue weighted by molar-refractivity contribution is 0.0650. The molecular weight excluding hydrogens is 322 g/mol. The van der Waals surface area contributed by atoms with Crippen LogP contribution in [0.25, 0.3) is 17.0 Å². The van der Waals surface area contributed by atoms with Gasteiger partial charge in [-0.15, -0.1) is 0 Å². The number of H-pyrrole nitrogens is 1. The first-order valence-electron chi connectivity index (χ1n) is 9.10. The minimum absolute atomic E-state index is 0.126. The average molecular weight is 345 g/mol. The van der Waals surface area contributed by atoms with Crippen LogP contribution in [0.15, 0.2) is 66.9 Å². The smallest absolute Gasteiger partial charge is 0.254 e. The van der Waals surface area contributed by atoms with Crippen LogP contribution < -0.4 is 0 Å². The summed E-state index contributed by atoms with van der Waals surface area (Å²) in [5.41, 5.74) is 3.00. The van der Waals surface area contributed by atoms with Crippen molar-refractivity contribution in [3.63, 3.8) is 0 Å². The topological polar surface area (TPSA) is 39.3 Å². The SMILES string of the molecule is O=C(c1ccc2cc[nH]c2c1)N1CCN(C/C=C/c2ccccc2)CC1. The Morgan fingerprint density at radius 2 is 1.81 bits per heavy atom. The average Bonchev–Trinajstić information content (AvgIpc) is 3.17. The number of nitrogens with one attached hydrogen (secondary N) is 1. The van der Waals surface area contributed by atoms with Crippen LogP contribution in [0.4, 0.5) is 0 Å². The zero-order chi connectivity index (χ0) is 17.8. The highest BCUT2D eigenvalue weighted by Gasteiger charge is 2.21. The maximum Gasteiger partial charge on any atom is 0.254 e. The number of hydrogen-bond donors (Lipinski definition) is 1. The maximum atomic E-state index is 12.8. The van der Waals surface area contributed by atoms with Crippen LogP contribution in [0.2, 0.25) is 0 Å². The zero-order valence-electron chi connectivity index (χ0n) is 14.8. The lowest BCUT2D eigenvalue weighted by Gasteiger charge is -2.34. The predicted molar refractivity (Wildman–Crippen MR) is 106 cm³/mol. The summed E-state index contributed by atoms with van der Waals surface area (Å²) in [6, 6.07) is 18.2. The number of hydrogen-bond acceptors (Lipinski definition) is 2. The molecule has 3 aromatic rings. The lowest BCUT2D eigenvalue weighted by atomic mass is 10.1. The van der Waals surface area contributed by atoms with Crippen molar-refractivity contribution in [1.29, 1.82) is 0 Å². The fraction of sp³-hybridized carbons (Fsp3) is 0.227. The van der Waals surface area contributed by atoms with E-state index in [-0.39, 0.29) is 5.91 Å². The lowest BCUT2D eigenvalue weighted by Crippen LogP contribution is -2.48. The van der Waals surface area contributed by atoms with Crippen LogP contribution >= 0.6 is 0 Å². The Morgan fingerprint density at radius 1 is 1.00 bits per heavy atom. The van der Waals surface area contributed by atoms with E-state index >= 15 is 0 Å². The molecule has 4 rings (SSSR count). The van der Waals surface area contributed by atoms with Gasteiger partial charge in [-0.3, -0.25) is 9.69 Å². The zero-order valence-corrected chi connectivity index (χ0v) is 14.8. The summed E-state index contributed by atoms with van der Waals surface area (Å²) >= 11 is 0. The summed E-state index contributed by atoms with van der Waals surface area (Å²) in [5.74, 6) is 0.126. The molecular formula is C22H23N3O. The van der Waals surface area contributed by atoms with Crippen LogP contribution in [-0.4, -0.2) is 53.4 Å². The van der Waals surface area contributed by atoms with E-state index in [1.165, 1.54) is 5.56 Å². The highest BCUT2D eigenvalue weighted by atomic mass is 16.2. The molecule has 4 heteroatoms. The van der Waals surface area contributed by atoms with Crippen LogP contribution in [0, 0.1) is 0 Å². The van der Waals surface area contributed by atoms with Gasteiger partial charge < -0.3 is 9.88 Å². The highest BCUT2D eigenvalue weighted by Crippen LogP contribution is 2.16. The first kappa shape index (κ1) is 16.6. The molecule has 0 saturated carbocycles. The molecule has 132 valence electrons. The molecule has 1 amide bonds. The van der Waals surface area contributed by atoms with Gasteiger partial charge in [0.2, 0.25) is 0 Å². The first-order valence-corrected chi connectivity index (χ1v) is 9.10. The van der Waals surface area contributed by atoms with Crippen molar-refractivity contribution in [1.82, 2.24) is 14.8 Å². The summed E-state index contributed by atoms with van der Waals surface area (Å²) in [6.07, 6.45) is 6.26. The molecule has 1 aromatic heterocycles. The number of aromatic nitrogens is 1. The number of nitrogens with zero attached hydrogens (tertiary/aromatic N) is 2. The Morgan fingerprint density at radius 3 is 2.62 bits per heavy atom. The summed E-state index contributed by atoms with van der Waals surface area (Å²) in [7, 11) is 0. The first-order chi connectivity index (χ1) is 12.8. The summed E-state index contributed by atoms with van der Waals surface area (Å²) in [6.45, 7) is 4.30. The number of benzene rings is 2. The Bertz CT molecular complexity index is 905. The molecule has 1 aliphatic rings. The molecule has 1 aliphatic heterocycles. The minimum Gasteiger partial charge on any atom is -0.361 e. The molecule has 0 aliphatic carbocycles. The van der Waals surface area contributed by atoms with E-state index in [9.17, 15) is 4.79 Å². The molecule has 0 spiro atoms. The van der Waals surface area contributed by atoms with Crippen molar-refractivity contribution in [2.75, 3.05) is 32.7 Å². The van der Waals surface area contributed by atoms with Gasteiger partial charge in [0, 0.05) is 50.0 Å². The maximum absolute atomic E-state index is 12.8. The van der Waals surface area contributed by atoms with Gasteiger partial charge in [-0.1, -0.05) is 48.6 Å². The molecule has 1 N–H and O–H groups in total. The summed E-state index contributed by atoms with van der Waals surface area (Å²) < 4.78 is 0. The number of piperazine rings is 1. The number of rotatable bonds is 4. The molecule has 2 aromatic carbocycles. The Labute approximate surface area is 153 Å². The Hall–Kier alpha value is -2.85. The highest BCUT2D eigenvalue weighted by molar-refractivity contribution is 5.98. The van der Waals surface area contributed by atoms with Gasteiger partial charge in [-0.25, -0.2) is 0 Å². The standard InChI is InChI=1S/C22H23N3O/c26-22(20-9-8-19-10-11-23-21(19)17-20)25-15-13-24(14-16-25)12-4-7-18-5-2-1-3-6-18/h1-11,17,23H,12-16H2/b7-4+. The molecule has 0 radical (unpaired) electrons. The minimum atomic E-state index is 0.126. The van der Waals surface area contributed by atoms with Gasteiger partial charge in [-0.2, -0.15) is 0 Å². The van der Waals surface area contributed by atoms with Crippen LogP contribution in [0.3, 0.4) is 0 Å². The van der Waals surface area contributed by atoms with Gasteiger partial charge in [0.25, 0.3) is 5.91 Å². The number of aromatic amines is 1. The molecule has 0 unspecified atom stereocenters. The van der Waals surface area contributed by atoms with Crippen LogP contribution in [-0.2, 0) is 0 Å². The Balaban J connectivity index is 1.31. The van der Waals surface area contributed by atoms with Crippen molar-refractivity contribution in [3.8, 4) is 0 Å². The molecule has 1 saturated heterocycles. The molecule has 0 bridgehead atoms. The van der Waals surface area contributed by atoms with Gasteiger partial charge in [0.05, 0.1) is 0 Å². The van der Waals surface area contributed by atoms with E-state index in [0.717, 1.165) is 49.2 Å². The van der Waals surface area contributed by atoms with Crippen molar-refractivity contribution in [3.05, 3.63) is 78.0 Å².